The first-order valence-electron chi connectivity index (χ1n) is 7.07. The Labute approximate surface area is 133 Å². The Kier molecular flexibility index (Phi) is 5.53. The van der Waals surface area contributed by atoms with Crippen LogP contribution in [0.1, 0.15) is 12.1 Å². The molecule has 0 amide bonds. The van der Waals surface area contributed by atoms with E-state index >= 15 is 0 Å². The summed E-state index contributed by atoms with van der Waals surface area (Å²) in [6.07, 6.45) is 0.255. The zero-order valence-corrected chi connectivity index (χ0v) is 13.4. The van der Waals surface area contributed by atoms with Crippen LogP contribution in [0.3, 0.4) is 0 Å². The van der Waals surface area contributed by atoms with Gasteiger partial charge in [-0.25, -0.2) is 4.79 Å². The summed E-state index contributed by atoms with van der Waals surface area (Å²) in [6.45, 7) is 0.800. The minimum absolute atomic E-state index is 0.255. The Morgan fingerprint density at radius 2 is 2.00 bits per heavy atom. The number of H-pyrrole nitrogens is 1. The maximum Gasteiger partial charge on any atom is 0.431 e. The van der Waals surface area contributed by atoms with E-state index in [4.69, 9.17) is 9.26 Å². The molecule has 8 heteroatoms. The summed E-state index contributed by atoms with van der Waals surface area (Å²) in [4.78, 5) is 24.9. The first-order valence-corrected chi connectivity index (χ1v) is 7.07. The second-order valence-corrected chi connectivity index (χ2v) is 5.02. The lowest BCUT2D eigenvalue weighted by atomic mass is 10.3. The highest BCUT2D eigenvalue weighted by Crippen LogP contribution is 2.11. The molecule has 124 valence electrons. The van der Waals surface area contributed by atoms with Gasteiger partial charge in [0.2, 0.25) is 5.69 Å². The molecule has 1 aromatic heterocycles. The predicted molar refractivity (Wildman–Crippen MR) is 80.4 cm³/mol. The second-order valence-electron chi connectivity index (χ2n) is 5.02. The van der Waals surface area contributed by atoms with Crippen molar-refractivity contribution in [2.24, 2.45) is 0 Å². The number of aromatic nitrogens is 2. The van der Waals surface area contributed by atoms with Crippen LogP contribution in [0.4, 0.5) is 0 Å². The number of hydrogen-bond donors (Lipinski definition) is 1. The predicted octanol–water partition coefficient (Wildman–Crippen LogP) is 0.248. The maximum atomic E-state index is 11.9. The monoisotopic (exact) mass is 322 g/mol. The van der Waals surface area contributed by atoms with Crippen LogP contribution in [-0.4, -0.2) is 44.0 Å². The van der Waals surface area contributed by atoms with E-state index in [1.54, 1.807) is 23.9 Å². The molecule has 0 spiro atoms. The number of nitrogens with one attached hydrogen (secondary N) is 1. The number of carbonyl (C=O) groups is 1. The molecule has 0 aliphatic heterocycles. The van der Waals surface area contributed by atoms with Crippen LogP contribution in [0.25, 0.3) is 5.69 Å². The van der Waals surface area contributed by atoms with Gasteiger partial charge in [-0.1, -0.05) is 0 Å². The van der Waals surface area contributed by atoms with Gasteiger partial charge in [0, 0.05) is 18.7 Å². The molecule has 1 aromatic carbocycles. The molecule has 2 rings (SSSR count). The van der Waals surface area contributed by atoms with E-state index in [0.717, 1.165) is 11.4 Å². The summed E-state index contributed by atoms with van der Waals surface area (Å²) in [5.41, 5.74) is 0.723. The molecule has 0 saturated heterocycles. The molecule has 1 N–H and O–H groups in total. The van der Waals surface area contributed by atoms with Crippen LogP contribution in [-0.2, 0) is 16.1 Å². The van der Waals surface area contributed by atoms with E-state index in [0.29, 0.717) is 18.8 Å². The highest BCUT2D eigenvalue weighted by Gasteiger charge is 2.24. The third kappa shape index (κ3) is 4.19. The van der Waals surface area contributed by atoms with Gasteiger partial charge in [-0.05, 0) is 29.1 Å². The average Bonchev–Trinajstić information content (AvgIpc) is 2.93. The molecule has 23 heavy (non-hydrogen) atoms. The van der Waals surface area contributed by atoms with Gasteiger partial charge < -0.3 is 9.47 Å². The van der Waals surface area contributed by atoms with Crippen molar-refractivity contribution in [2.45, 2.75) is 13.0 Å². The van der Waals surface area contributed by atoms with Crippen LogP contribution < -0.4 is 15.0 Å². The van der Waals surface area contributed by atoms with Crippen molar-refractivity contribution < 1.29 is 23.5 Å². The summed E-state index contributed by atoms with van der Waals surface area (Å²) in [7, 11) is 4.75. The van der Waals surface area contributed by atoms with E-state index in [2.05, 4.69) is 10.0 Å². The topological polar surface area (TPSA) is 88.6 Å². The van der Waals surface area contributed by atoms with Gasteiger partial charge in [0.15, 0.2) is 0 Å². The zero-order chi connectivity index (χ0) is 16.8. The Morgan fingerprint density at radius 1 is 1.30 bits per heavy atom. The molecular weight excluding hydrogens is 302 g/mol. The highest BCUT2D eigenvalue weighted by molar-refractivity contribution is 5.69. The maximum absolute atomic E-state index is 11.9. The Morgan fingerprint density at radius 3 is 2.61 bits per heavy atom. The van der Waals surface area contributed by atoms with Gasteiger partial charge in [0.25, 0.3) is 0 Å². The molecule has 0 saturated carbocycles. The van der Waals surface area contributed by atoms with Gasteiger partial charge in [-0.3, -0.25) is 14.2 Å². The van der Waals surface area contributed by atoms with Gasteiger partial charge in [-0.2, -0.15) is 0 Å². The number of esters is 1. The Bertz CT molecular complexity index is 705. The number of carbonyl (C=O) groups excluding carboxylic acids is 1. The quantitative estimate of drug-likeness (QED) is 0.580. The zero-order valence-electron chi connectivity index (χ0n) is 13.4. The lowest BCUT2D eigenvalue weighted by Crippen LogP contribution is -2.41. The third-order valence-corrected chi connectivity index (χ3v) is 3.41. The SMILES string of the molecule is COC(=O)CCN(C)Cc1c(=O)o[nH][n+]1-c1ccc(OC)cc1. The standard InChI is InChI=1S/C15H19N3O5/c1-17(9-8-14(19)22-3)10-13-15(20)23-16-18(13)11-4-6-12(21-2)7-5-11/h4-7H,8-10H2,1-3H3/p+1. The normalized spacial score (nSPS) is 10.8. The van der Waals surface area contributed by atoms with E-state index in [-0.39, 0.29) is 12.4 Å². The number of ether oxygens (including phenoxy) is 2. The van der Waals surface area contributed by atoms with E-state index < -0.39 is 5.63 Å². The second kappa shape index (κ2) is 7.59. The molecule has 1 heterocycles. The number of nitrogens with zero attached hydrogens (tertiary/aromatic N) is 2. The first kappa shape index (κ1) is 16.8. The van der Waals surface area contributed by atoms with Crippen molar-refractivity contribution >= 4 is 5.97 Å². The lowest BCUT2D eigenvalue weighted by molar-refractivity contribution is -0.678. The highest BCUT2D eigenvalue weighted by atomic mass is 16.5. The van der Waals surface area contributed by atoms with Gasteiger partial charge >= 0.3 is 17.3 Å². The van der Waals surface area contributed by atoms with Crippen LogP contribution in [0, 0.1) is 0 Å². The van der Waals surface area contributed by atoms with E-state index in [1.165, 1.54) is 7.11 Å². The molecule has 0 unspecified atom stereocenters. The molecule has 0 bridgehead atoms. The van der Waals surface area contributed by atoms with Crippen molar-refractivity contribution in [1.29, 1.82) is 0 Å². The smallest absolute Gasteiger partial charge is 0.431 e. The van der Waals surface area contributed by atoms with Crippen LogP contribution >= 0.6 is 0 Å². The van der Waals surface area contributed by atoms with Crippen molar-refractivity contribution in [3.8, 4) is 11.4 Å². The number of aromatic amines is 1. The van der Waals surface area contributed by atoms with Crippen LogP contribution in [0.5, 0.6) is 5.75 Å². The fourth-order valence-corrected chi connectivity index (χ4v) is 2.09. The number of rotatable bonds is 7. The molecule has 0 aliphatic rings. The van der Waals surface area contributed by atoms with Crippen molar-refractivity contribution in [3.05, 3.63) is 40.4 Å². The molecule has 8 nitrogen and oxygen atoms in total. The molecular formula is C15H20N3O5+. The molecule has 0 aliphatic carbocycles. The molecule has 0 fully saturated rings. The summed E-state index contributed by atoms with van der Waals surface area (Å²) in [6, 6.07) is 7.20. The summed E-state index contributed by atoms with van der Waals surface area (Å²) in [5.74, 6) is 0.429. The largest absolute Gasteiger partial charge is 0.497 e. The fourth-order valence-electron chi connectivity index (χ4n) is 2.09. The van der Waals surface area contributed by atoms with E-state index in [9.17, 15) is 9.59 Å². The summed E-state index contributed by atoms with van der Waals surface area (Å²) < 4.78 is 16.2. The lowest BCUT2D eigenvalue weighted by Gasteiger charge is -2.12. The average molecular weight is 322 g/mol. The van der Waals surface area contributed by atoms with Gasteiger partial charge in [0.1, 0.15) is 5.75 Å². The number of methoxy groups -OCH3 is 2. The number of benzene rings is 1. The van der Waals surface area contributed by atoms with Gasteiger partial charge in [0.05, 0.1) is 27.2 Å². The fraction of sp³-hybridized carbons (Fsp3) is 0.400. The Balaban J connectivity index is 2.14. The Hall–Kier alpha value is -2.61. The van der Waals surface area contributed by atoms with Crippen molar-refractivity contribution in [1.82, 2.24) is 10.2 Å². The first-order chi connectivity index (χ1) is 11.0. The summed E-state index contributed by atoms with van der Waals surface area (Å²) >= 11 is 0. The van der Waals surface area contributed by atoms with Crippen molar-refractivity contribution in [3.63, 3.8) is 0 Å². The molecule has 0 radical (unpaired) electrons. The minimum atomic E-state index is -0.453. The number of hydrogen-bond acceptors (Lipinski definition) is 6. The van der Waals surface area contributed by atoms with Crippen molar-refractivity contribution in [2.75, 3.05) is 27.8 Å². The van der Waals surface area contributed by atoms with Gasteiger partial charge in [-0.15, -0.1) is 0 Å². The minimum Gasteiger partial charge on any atom is -0.497 e. The van der Waals surface area contributed by atoms with Crippen LogP contribution in [0.15, 0.2) is 33.6 Å². The van der Waals surface area contributed by atoms with E-state index in [1.807, 2.05) is 24.1 Å². The van der Waals surface area contributed by atoms with Crippen LogP contribution in [0.2, 0.25) is 0 Å². The summed E-state index contributed by atoms with van der Waals surface area (Å²) in [5, 5.41) is 2.58. The molecule has 0 atom stereocenters. The third-order valence-electron chi connectivity index (χ3n) is 3.41. The molecule has 2 aromatic rings.